The summed E-state index contributed by atoms with van der Waals surface area (Å²) >= 11 is 0. The molecule has 0 aliphatic carbocycles. The zero-order chi connectivity index (χ0) is 15.4. The molecule has 0 saturated heterocycles. The van der Waals surface area contributed by atoms with Gasteiger partial charge in [0.1, 0.15) is 5.69 Å². The van der Waals surface area contributed by atoms with Crippen LogP contribution in [-0.4, -0.2) is 33.3 Å². The van der Waals surface area contributed by atoms with Crippen LogP contribution in [0.15, 0.2) is 30.3 Å². The molecule has 1 aromatic heterocycles. The molecule has 2 rings (SSSR count). The molecule has 0 radical (unpaired) electrons. The van der Waals surface area contributed by atoms with E-state index in [4.69, 9.17) is 5.11 Å². The van der Waals surface area contributed by atoms with E-state index < -0.39 is 5.97 Å². The molecule has 0 saturated carbocycles. The second-order valence-electron chi connectivity index (χ2n) is 4.81. The zero-order valence-corrected chi connectivity index (χ0v) is 12.0. The summed E-state index contributed by atoms with van der Waals surface area (Å²) in [5.74, 6) is -1.18. The van der Waals surface area contributed by atoms with E-state index >= 15 is 0 Å². The molecular formula is C15H17N3O3. The van der Waals surface area contributed by atoms with Crippen molar-refractivity contribution < 1.29 is 14.7 Å². The molecule has 0 aliphatic rings. The summed E-state index contributed by atoms with van der Waals surface area (Å²) in [7, 11) is 1.78. The highest BCUT2D eigenvalue weighted by atomic mass is 16.4. The van der Waals surface area contributed by atoms with Gasteiger partial charge < -0.3 is 10.4 Å². The highest BCUT2D eigenvalue weighted by Crippen LogP contribution is 2.06. The smallest absolute Gasteiger partial charge is 0.335 e. The van der Waals surface area contributed by atoms with Crippen LogP contribution >= 0.6 is 0 Å². The van der Waals surface area contributed by atoms with Crippen LogP contribution in [0.5, 0.6) is 0 Å². The second-order valence-corrected chi connectivity index (χ2v) is 4.81. The Morgan fingerprint density at radius 2 is 2.10 bits per heavy atom. The fraction of sp³-hybridized carbons (Fsp3) is 0.267. The van der Waals surface area contributed by atoms with Gasteiger partial charge in [-0.1, -0.05) is 12.1 Å². The van der Waals surface area contributed by atoms with Crippen LogP contribution in [0.3, 0.4) is 0 Å². The number of carbonyl (C=O) groups excluding carboxylic acids is 1. The van der Waals surface area contributed by atoms with Crippen molar-refractivity contribution in [3.8, 4) is 0 Å². The fourth-order valence-corrected chi connectivity index (χ4v) is 1.94. The third-order valence-corrected chi connectivity index (χ3v) is 3.22. The van der Waals surface area contributed by atoms with Crippen molar-refractivity contribution in [2.75, 3.05) is 6.54 Å². The van der Waals surface area contributed by atoms with E-state index in [1.165, 1.54) is 0 Å². The van der Waals surface area contributed by atoms with Crippen LogP contribution in [0.4, 0.5) is 0 Å². The van der Waals surface area contributed by atoms with Gasteiger partial charge in [0.15, 0.2) is 0 Å². The Balaban J connectivity index is 1.91. The predicted molar refractivity (Wildman–Crippen MR) is 77.4 cm³/mol. The number of carboxylic acids is 1. The lowest BCUT2D eigenvalue weighted by Gasteiger charge is -2.04. The monoisotopic (exact) mass is 287 g/mol. The minimum absolute atomic E-state index is 0.229. The first-order valence-electron chi connectivity index (χ1n) is 6.58. The average molecular weight is 287 g/mol. The number of rotatable bonds is 5. The molecule has 0 aliphatic heterocycles. The van der Waals surface area contributed by atoms with Gasteiger partial charge in [0, 0.05) is 19.3 Å². The van der Waals surface area contributed by atoms with E-state index in [0.29, 0.717) is 18.7 Å². The van der Waals surface area contributed by atoms with Crippen LogP contribution < -0.4 is 5.32 Å². The Morgan fingerprint density at radius 1 is 1.33 bits per heavy atom. The molecule has 2 N–H and O–H groups in total. The lowest BCUT2D eigenvalue weighted by atomic mass is 10.1. The molecule has 110 valence electrons. The van der Waals surface area contributed by atoms with Crippen LogP contribution in [0.2, 0.25) is 0 Å². The Morgan fingerprint density at radius 3 is 2.71 bits per heavy atom. The van der Waals surface area contributed by atoms with Crippen molar-refractivity contribution in [1.82, 2.24) is 15.1 Å². The van der Waals surface area contributed by atoms with Crippen molar-refractivity contribution in [3.05, 3.63) is 52.8 Å². The number of amides is 1. The van der Waals surface area contributed by atoms with Crippen molar-refractivity contribution in [2.24, 2.45) is 7.05 Å². The van der Waals surface area contributed by atoms with Gasteiger partial charge in [0.05, 0.1) is 5.56 Å². The van der Waals surface area contributed by atoms with Gasteiger partial charge >= 0.3 is 5.97 Å². The van der Waals surface area contributed by atoms with E-state index in [-0.39, 0.29) is 11.5 Å². The molecule has 1 aromatic carbocycles. The van der Waals surface area contributed by atoms with Gasteiger partial charge in [0.25, 0.3) is 5.91 Å². The Kier molecular flexibility index (Phi) is 4.37. The maximum atomic E-state index is 11.9. The summed E-state index contributed by atoms with van der Waals surface area (Å²) in [4.78, 5) is 22.8. The van der Waals surface area contributed by atoms with E-state index in [1.807, 2.05) is 13.0 Å². The van der Waals surface area contributed by atoms with Crippen molar-refractivity contribution in [3.63, 3.8) is 0 Å². The first kappa shape index (κ1) is 14.8. The van der Waals surface area contributed by atoms with E-state index in [9.17, 15) is 9.59 Å². The van der Waals surface area contributed by atoms with Gasteiger partial charge in [-0.05, 0) is 37.1 Å². The molecule has 2 aromatic rings. The summed E-state index contributed by atoms with van der Waals surface area (Å²) in [5.41, 5.74) is 2.41. The fourth-order valence-electron chi connectivity index (χ4n) is 1.94. The van der Waals surface area contributed by atoms with Crippen LogP contribution in [0.25, 0.3) is 0 Å². The summed E-state index contributed by atoms with van der Waals surface area (Å²) in [6.07, 6.45) is 0.568. The quantitative estimate of drug-likeness (QED) is 0.870. The number of nitrogens with zero attached hydrogens (tertiary/aromatic N) is 2. The van der Waals surface area contributed by atoms with Crippen molar-refractivity contribution in [2.45, 2.75) is 13.3 Å². The lowest BCUT2D eigenvalue weighted by molar-refractivity contribution is 0.0696. The van der Waals surface area contributed by atoms with E-state index in [0.717, 1.165) is 11.3 Å². The molecule has 21 heavy (non-hydrogen) atoms. The molecule has 0 bridgehead atoms. The number of hydrogen-bond donors (Lipinski definition) is 2. The summed E-state index contributed by atoms with van der Waals surface area (Å²) in [6.45, 7) is 2.30. The standard InChI is InChI=1S/C15H17N3O3/c1-10-8-13(17-18(10)2)14(19)16-7-6-11-4-3-5-12(9-11)15(20)21/h3-5,8-9H,6-7H2,1-2H3,(H,16,19)(H,20,21). The molecule has 1 amide bonds. The Labute approximate surface area is 122 Å². The highest BCUT2D eigenvalue weighted by molar-refractivity contribution is 5.92. The molecule has 1 heterocycles. The summed E-state index contributed by atoms with van der Waals surface area (Å²) < 4.78 is 1.64. The zero-order valence-electron chi connectivity index (χ0n) is 12.0. The normalized spacial score (nSPS) is 10.4. The topological polar surface area (TPSA) is 84.2 Å². The van der Waals surface area contributed by atoms with Gasteiger partial charge in [-0.25, -0.2) is 4.79 Å². The molecule has 0 unspecified atom stereocenters. The van der Waals surface area contributed by atoms with Crippen molar-refractivity contribution in [1.29, 1.82) is 0 Å². The van der Waals surface area contributed by atoms with Crippen LogP contribution in [0, 0.1) is 6.92 Å². The van der Waals surface area contributed by atoms with Gasteiger partial charge in [0.2, 0.25) is 0 Å². The molecule has 6 heteroatoms. The Hall–Kier alpha value is -2.63. The third kappa shape index (κ3) is 3.68. The molecule has 0 atom stereocenters. The molecule has 0 fully saturated rings. The minimum Gasteiger partial charge on any atom is -0.478 e. The van der Waals surface area contributed by atoms with E-state index in [1.54, 1.807) is 36.0 Å². The third-order valence-electron chi connectivity index (χ3n) is 3.22. The maximum absolute atomic E-state index is 11.9. The van der Waals surface area contributed by atoms with Crippen LogP contribution in [-0.2, 0) is 13.5 Å². The number of aryl methyl sites for hydroxylation is 2. The number of carbonyl (C=O) groups is 2. The summed E-state index contributed by atoms with van der Waals surface area (Å²) in [6, 6.07) is 8.41. The summed E-state index contributed by atoms with van der Waals surface area (Å²) in [5, 5.41) is 15.8. The number of nitrogens with one attached hydrogen (secondary N) is 1. The van der Waals surface area contributed by atoms with Gasteiger partial charge in [-0.15, -0.1) is 0 Å². The number of aromatic carboxylic acids is 1. The van der Waals surface area contributed by atoms with E-state index in [2.05, 4.69) is 10.4 Å². The largest absolute Gasteiger partial charge is 0.478 e. The molecule has 6 nitrogen and oxygen atoms in total. The second kappa shape index (κ2) is 6.21. The molecule has 0 spiro atoms. The molecular weight excluding hydrogens is 270 g/mol. The lowest BCUT2D eigenvalue weighted by Crippen LogP contribution is -2.26. The SMILES string of the molecule is Cc1cc(C(=O)NCCc2cccc(C(=O)O)c2)nn1C. The number of carboxylic acid groups (broad SMARTS) is 1. The van der Waals surface area contributed by atoms with Crippen LogP contribution in [0.1, 0.15) is 32.1 Å². The Bertz CT molecular complexity index is 657. The average Bonchev–Trinajstić information content (AvgIpc) is 2.79. The van der Waals surface area contributed by atoms with Gasteiger partial charge in [-0.3, -0.25) is 9.48 Å². The number of benzene rings is 1. The number of aromatic nitrogens is 2. The highest BCUT2D eigenvalue weighted by Gasteiger charge is 2.10. The minimum atomic E-state index is -0.954. The first-order chi connectivity index (χ1) is 9.97. The predicted octanol–water partition coefficient (Wildman–Crippen LogP) is 1.40. The van der Waals surface area contributed by atoms with Crippen molar-refractivity contribution >= 4 is 11.9 Å². The number of hydrogen-bond acceptors (Lipinski definition) is 3. The first-order valence-corrected chi connectivity index (χ1v) is 6.58. The maximum Gasteiger partial charge on any atom is 0.335 e. The van der Waals surface area contributed by atoms with Gasteiger partial charge in [-0.2, -0.15) is 5.10 Å².